The number of benzene rings is 1. The number of alkyl halides is 3. The van der Waals surface area contributed by atoms with Crippen molar-refractivity contribution in [2.24, 2.45) is 0 Å². The molecule has 1 N–H and O–H groups in total. The summed E-state index contributed by atoms with van der Waals surface area (Å²) in [6.45, 7) is 1.85. The number of carbonyl (C=O) groups is 2. The molecule has 0 atom stereocenters. The molecular formula is C16H19F3N2O4. The van der Waals surface area contributed by atoms with Gasteiger partial charge in [0.05, 0.1) is 0 Å². The fourth-order valence-electron chi connectivity index (χ4n) is 2.64. The molecule has 2 rings (SSSR count). The van der Waals surface area contributed by atoms with Crippen LogP contribution in [0, 0.1) is 0 Å². The van der Waals surface area contributed by atoms with E-state index in [4.69, 9.17) is 5.11 Å². The molecule has 0 spiro atoms. The number of carbonyl (C=O) groups excluding carboxylic acids is 1. The lowest BCUT2D eigenvalue weighted by Gasteiger charge is -2.36. The minimum atomic E-state index is -4.74. The lowest BCUT2D eigenvalue weighted by atomic mass is 10.2. The Labute approximate surface area is 142 Å². The summed E-state index contributed by atoms with van der Waals surface area (Å²) in [6, 6.07) is 5.73. The summed E-state index contributed by atoms with van der Waals surface area (Å²) >= 11 is 0. The van der Waals surface area contributed by atoms with E-state index in [1.165, 1.54) is 18.2 Å². The van der Waals surface area contributed by atoms with Crippen molar-refractivity contribution in [3.05, 3.63) is 24.3 Å². The summed E-state index contributed by atoms with van der Waals surface area (Å²) in [5.41, 5.74) is 0.597. The summed E-state index contributed by atoms with van der Waals surface area (Å²) in [6.07, 6.45) is -4.30. The zero-order valence-corrected chi connectivity index (χ0v) is 13.5. The Morgan fingerprint density at radius 2 is 1.80 bits per heavy atom. The average Bonchev–Trinajstić information content (AvgIpc) is 2.53. The van der Waals surface area contributed by atoms with Crippen LogP contribution in [0.25, 0.3) is 0 Å². The SMILES string of the molecule is O=C(O)CCCC(=O)N1CCN(c2cccc(OC(F)(F)F)c2)CC1. The van der Waals surface area contributed by atoms with Crippen LogP contribution >= 0.6 is 0 Å². The zero-order valence-electron chi connectivity index (χ0n) is 13.5. The van der Waals surface area contributed by atoms with Crippen LogP contribution in [0.5, 0.6) is 5.75 Å². The molecule has 0 bridgehead atoms. The van der Waals surface area contributed by atoms with Gasteiger partial charge in [-0.3, -0.25) is 9.59 Å². The van der Waals surface area contributed by atoms with Crippen molar-refractivity contribution >= 4 is 17.6 Å². The Hall–Kier alpha value is -2.45. The maximum absolute atomic E-state index is 12.3. The first-order valence-electron chi connectivity index (χ1n) is 7.85. The summed E-state index contributed by atoms with van der Waals surface area (Å²) in [4.78, 5) is 26.0. The summed E-state index contributed by atoms with van der Waals surface area (Å²) in [5, 5.41) is 8.58. The molecule has 0 unspecified atom stereocenters. The van der Waals surface area contributed by atoms with Crippen molar-refractivity contribution < 1.29 is 32.6 Å². The molecule has 0 saturated carbocycles. The van der Waals surface area contributed by atoms with Crippen LogP contribution in [0.4, 0.5) is 18.9 Å². The van der Waals surface area contributed by atoms with Gasteiger partial charge in [-0.1, -0.05) is 6.07 Å². The molecule has 1 amide bonds. The Balaban J connectivity index is 1.86. The second kappa shape index (κ2) is 8.09. The number of hydrogen-bond donors (Lipinski definition) is 1. The monoisotopic (exact) mass is 360 g/mol. The Bertz CT molecular complexity index is 614. The number of carboxylic acids is 1. The van der Waals surface area contributed by atoms with Crippen LogP contribution in [-0.4, -0.2) is 54.4 Å². The highest BCUT2D eigenvalue weighted by Crippen LogP contribution is 2.27. The number of amides is 1. The van der Waals surface area contributed by atoms with Gasteiger partial charge in [0.15, 0.2) is 0 Å². The molecule has 138 valence electrons. The number of hydrogen-bond acceptors (Lipinski definition) is 4. The van der Waals surface area contributed by atoms with E-state index in [1.807, 2.05) is 4.90 Å². The number of anilines is 1. The highest BCUT2D eigenvalue weighted by atomic mass is 19.4. The lowest BCUT2D eigenvalue weighted by molar-refractivity contribution is -0.274. The number of aliphatic carboxylic acids is 1. The van der Waals surface area contributed by atoms with E-state index in [1.54, 1.807) is 11.0 Å². The maximum atomic E-state index is 12.3. The quantitative estimate of drug-likeness (QED) is 0.844. The third-order valence-electron chi connectivity index (χ3n) is 3.83. The van der Waals surface area contributed by atoms with Gasteiger partial charge in [-0.2, -0.15) is 0 Å². The van der Waals surface area contributed by atoms with Crippen molar-refractivity contribution in [2.75, 3.05) is 31.1 Å². The zero-order chi connectivity index (χ0) is 18.4. The smallest absolute Gasteiger partial charge is 0.481 e. The van der Waals surface area contributed by atoms with Crippen molar-refractivity contribution in [3.63, 3.8) is 0 Å². The van der Waals surface area contributed by atoms with Gasteiger partial charge in [0, 0.05) is 50.8 Å². The van der Waals surface area contributed by atoms with Gasteiger partial charge in [0.2, 0.25) is 5.91 Å². The first-order chi connectivity index (χ1) is 11.7. The highest BCUT2D eigenvalue weighted by molar-refractivity contribution is 5.77. The molecular weight excluding hydrogens is 341 g/mol. The van der Waals surface area contributed by atoms with Crippen LogP contribution in [-0.2, 0) is 9.59 Å². The van der Waals surface area contributed by atoms with Crippen LogP contribution in [0.3, 0.4) is 0 Å². The molecule has 6 nitrogen and oxygen atoms in total. The third-order valence-corrected chi connectivity index (χ3v) is 3.83. The van der Waals surface area contributed by atoms with E-state index in [2.05, 4.69) is 4.74 Å². The van der Waals surface area contributed by atoms with E-state index in [0.717, 1.165) is 0 Å². The number of ether oxygens (including phenoxy) is 1. The normalized spacial score (nSPS) is 15.2. The van der Waals surface area contributed by atoms with Gasteiger partial charge >= 0.3 is 12.3 Å². The van der Waals surface area contributed by atoms with Crippen LogP contribution < -0.4 is 9.64 Å². The second-order valence-electron chi connectivity index (χ2n) is 5.66. The van der Waals surface area contributed by atoms with Gasteiger partial charge in [-0.25, -0.2) is 0 Å². The van der Waals surface area contributed by atoms with Gasteiger partial charge in [-0.15, -0.1) is 13.2 Å². The van der Waals surface area contributed by atoms with Gasteiger partial charge in [-0.05, 0) is 18.6 Å². The number of nitrogens with zero attached hydrogens (tertiary/aromatic N) is 2. The number of rotatable bonds is 6. The average molecular weight is 360 g/mol. The van der Waals surface area contributed by atoms with Crippen LogP contribution in [0.2, 0.25) is 0 Å². The second-order valence-corrected chi connectivity index (χ2v) is 5.66. The Morgan fingerprint density at radius 3 is 2.40 bits per heavy atom. The van der Waals surface area contributed by atoms with Crippen molar-refractivity contribution in [1.82, 2.24) is 4.90 Å². The minimum absolute atomic E-state index is 0.0439. The molecule has 1 aliphatic rings. The summed E-state index contributed by atoms with van der Waals surface area (Å²) in [7, 11) is 0. The number of piperazine rings is 1. The van der Waals surface area contributed by atoms with Crippen molar-refractivity contribution in [2.45, 2.75) is 25.6 Å². The van der Waals surface area contributed by atoms with E-state index in [0.29, 0.717) is 38.3 Å². The highest BCUT2D eigenvalue weighted by Gasteiger charge is 2.31. The van der Waals surface area contributed by atoms with Crippen LogP contribution in [0.15, 0.2) is 24.3 Å². The van der Waals surface area contributed by atoms with E-state index in [9.17, 15) is 22.8 Å². The van der Waals surface area contributed by atoms with Gasteiger partial charge < -0.3 is 19.6 Å². The molecule has 1 aromatic carbocycles. The number of carboxylic acid groups (broad SMARTS) is 1. The predicted molar refractivity (Wildman–Crippen MR) is 83.4 cm³/mol. The molecule has 1 aliphatic heterocycles. The first-order valence-corrected chi connectivity index (χ1v) is 7.85. The largest absolute Gasteiger partial charge is 0.573 e. The Morgan fingerprint density at radius 1 is 1.12 bits per heavy atom. The molecule has 9 heteroatoms. The van der Waals surface area contributed by atoms with Gasteiger partial charge in [0.25, 0.3) is 0 Å². The molecule has 0 radical (unpaired) electrons. The first kappa shape index (κ1) is 18.9. The minimum Gasteiger partial charge on any atom is -0.481 e. The van der Waals surface area contributed by atoms with Crippen molar-refractivity contribution in [1.29, 1.82) is 0 Å². The molecule has 0 aliphatic carbocycles. The molecule has 1 saturated heterocycles. The topological polar surface area (TPSA) is 70.1 Å². The Kier molecular flexibility index (Phi) is 6.11. The molecule has 1 fully saturated rings. The standard InChI is InChI=1S/C16H19F3N2O4/c17-16(18,19)25-13-4-1-3-12(11-13)20-7-9-21(10-8-20)14(22)5-2-6-15(23)24/h1,3-4,11H,2,5-10H2,(H,23,24). The van der Waals surface area contributed by atoms with E-state index >= 15 is 0 Å². The van der Waals surface area contributed by atoms with Crippen molar-refractivity contribution in [3.8, 4) is 5.75 Å². The number of halogens is 3. The van der Waals surface area contributed by atoms with E-state index in [-0.39, 0.29) is 24.5 Å². The van der Waals surface area contributed by atoms with E-state index < -0.39 is 12.3 Å². The van der Waals surface area contributed by atoms with Gasteiger partial charge in [0.1, 0.15) is 5.75 Å². The third kappa shape index (κ3) is 6.17. The molecule has 0 aromatic heterocycles. The lowest BCUT2D eigenvalue weighted by Crippen LogP contribution is -2.48. The predicted octanol–water partition coefficient (Wildman–Crippen LogP) is 2.49. The summed E-state index contributed by atoms with van der Waals surface area (Å²) < 4.78 is 40.8. The maximum Gasteiger partial charge on any atom is 0.573 e. The summed E-state index contributed by atoms with van der Waals surface area (Å²) in [5.74, 6) is -1.31. The molecule has 1 aromatic rings. The fraction of sp³-hybridized carbons (Fsp3) is 0.500. The molecule has 1 heterocycles. The van der Waals surface area contributed by atoms with Crippen LogP contribution in [0.1, 0.15) is 19.3 Å². The fourth-order valence-corrected chi connectivity index (χ4v) is 2.64. The molecule has 25 heavy (non-hydrogen) atoms.